The summed E-state index contributed by atoms with van der Waals surface area (Å²) < 4.78 is 8.46. The molecule has 1 aliphatic heterocycles. The maximum absolute atomic E-state index is 12.9. The lowest BCUT2D eigenvalue weighted by molar-refractivity contribution is 0.102. The van der Waals surface area contributed by atoms with E-state index in [0.29, 0.717) is 30.3 Å². The predicted molar refractivity (Wildman–Crippen MR) is 145 cm³/mol. The zero-order valence-electron chi connectivity index (χ0n) is 19.7. The molecule has 5 aromatic rings. The van der Waals surface area contributed by atoms with Gasteiger partial charge >= 0.3 is 0 Å². The molecule has 1 N–H and O–H groups in total. The first-order chi connectivity index (χ1) is 18.1. The van der Waals surface area contributed by atoms with Crippen LogP contribution in [0.15, 0.2) is 84.0 Å². The van der Waals surface area contributed by atoms with Gasteiger partial charge in [-0.05, 0) is 30.3 Å². The molecule has 1 saturated heterocycles. The molecule has 1 aliphatic rings. The van der Waals surface area contributed by atoms with E-state index in [0.717, 1.165) is 45.8 Å². The van der Waals surface area contributed by atoms with Crippen LogP contribution in [0.5, 0.6) is 0 Å². The number of rotatable bonds is 5. The molecule has 4 heterocycles. The molecular weight excluding hydrogens is 534 g/mol. The molecular formula is C27H22BrN7O2. The predicted octanol–water partition coefficient (Wildman–Crippen LogP) is 4.70. The fourth-order valence-corrected chi connectivity index (χ4v) is 4.49. The largest absolute Gasteiger partial charge is 0.378 e. The van der Waals surface area contributed by atoms with Crippen LogP contribution in [0.25, 0.3) is 28.2 Å². The third-order valence-corrected chi connectivity index (χ3v) is 6.67. The van der Waals surface area contributed by atoms with Gasteiger partial charge in [0.25, 0.3) is 5.91 Å². The van der Waals surface area contributed by atoms with Crippen LogP contribution in [-0.2, 0) is 4.74 Å². The molecule has 10 heteroatoms. The third-order valence-electron chi connectivity index (χ3n) is 6.15. The first-order valence-electron chi connectivity index (χ1n) is 11.8. The number of halogens is 1. The van der Waals surface area contributed by atoms with Crippen LogP contribution in [0.3, 0.4) is 0 Å². The van der Waals surface area contributed by atoms with Crippen molar-refractivity contribution in [1.82, 2.24) is 24.3 Å². The van der Waals surface area contributed by atoms with Gasteiger partial charge in [0.1, 0.15) is 12.0 Å². The van der Waals surface area contributed by atoms with Gasteiger partial charge in [0.2, 0.25) is 0 Å². The third kappa shape index (κ3) is 4.93. The maximum Gasteiger partial charge on any atom is 0.274 e. The number of ether oxygens (including phenoxy) is 1. The molecule has 3 aromatic heterocycles. The van der Waals surface area contributed by atoms with E-state index in [2.05, 4.69) is 41.1 Å². The monoisotopic (exact) mass is 555 g/mol. The lowest BCUT2D eigenvalue weighted by Gasteiger charge is -2.28. The van der Waals surface area contributed by atoms with Crippen LogP contribution in [0.2, 0.25) is 0 Å². The summed E-state index contributed by atoms with van der Waals surface area (Å²) in [5, 5.41) is 2.92. The first-order valence-corrected chi connectivity index (χ1v) is 12.6. The van der Waals surface area contributed by atoms with Gasteiger partial charge in [0, 0.05) is 53.0 Å². The van der Waals surface area contributed by atoms with E-state index in [1.54, 1.807) is 12.3 Å². The number of fused-ring (bicyclic) bond motifs is 1. The van der Waals surface area contributed by atoms with Gasteiger partial charge in [0.15, 0.2) is 11.5 Å². The molecule has 0 aliphatic carbocycles. The average Bonchev–Trinajstić information content (AvgIpc) is 3.43. The highest BCUT2D eigenvalue weighted by Crippen LogP contribution is 2.26. The van der Waals surface area contributed by atoms with Crippen molar-refractivity contribution < 1.29 is 9.53 Å². The van der Waals surface area contributed by atoms with Gasteiger partial charge in [-0.3, -0.25) is 4.79 Å². The standard InChI is InChI=1S/C27H22BrN7O2/c28-20-5-1-18(2-6-20)22-15-23(31-17-30-22)27(36)32-21-7-3-19(4-8-21)24-16-35-10-9-29-25(35)26(33-24)34-11-13-37-14-12-34/h1-10,15-17H,11-14H2,(H,32,36). The molecule has 9 nitrogen and oxygen atoms in total. The zero-order chi connectivity index (χ0) is 25.2. The van der Waals surface area contributed by atoms with Crippen molar-refractivity contribution in [2.24, 2.45) is 0 Å². The Morgan fingerprint density at radius 2 is 1.65 bits per heavy atom. The highest BCUT2D eigenvalue weighted by molar-refractivity contribution is 9.10. The number of carbonyl (C=O) groups is 1. The van der Waals surface area contributed by atoms with Crippen molar-refractivity contribution in [1.29, 1.82) is 0 Å². The highest BCUT2D eigenvalue weighted by Gasteiger charge is 2.18. The van der Waals surface area contributed by atoms with Gasteiger partial charge in [0.05, 0.1) is 24.6 Å². The number of hydrogen-bond donors (Lipinski definition) is 1. The summed E-state index contributed by atoms with van der Waals surface area (Å²) in [5.74, 6) is 0.537. The van der Waals surface area contributed by atoms with Crippen LogP contribution in [0.4, 0.5) is 11.5 Å². The number of benzene rings is 2. The summed E-state index contributed by atoms with van der Waals surface area (Å²) in [5.41, 5.74) is 5.11. The van der Waals surface area contributed by atoms with E-state index < -0.39 is 0 Å². The SMILES string of the molecule is O=C(Nc1ccc(-c2cn3ccnc3c(N3CCOCC3)n2)cc1)c1cc(-c2ccc(Br)cc2)ncn1. The van der Waals surface area contributed by atoms with Crippen LogP contribution in [0, 0.1) is 0 Å². The molecule has 1 amide bonds. The molecule has 1 fully saturated rings. The topological polar surface area (TPSA) is 97.5 Å². The maximum atomic E-state index is 12.9. The van der Waals surface area contributed by atoms with Crippen LogP contribution < -0.4 is 10.2 Å². The lowest BCUT2D eigenvalue weighted by Crippen LogP contribution is -2.37. The number of amides is 1. The molecule has 0 radical (unpaired) electrons. The van der Waals surface area contributed by atoms with E-state index >= 15 is 0 Å². The van der Waals surface area contributed by atoms with Crippen LogP contribution in [-0.4, -0.2) is 56.5 Å². The quantitative estimate of drug-likeness (QED) is 0.335. The molecule has 37 heavy (non-hydrogen) atoms. The fourth-order valence-electron chi connectivity index (χ4n) is 4.22. The number of anilines is 2. The number of hydrogen-bond acceptors (Lipinski definition) is 7. The second-order valence-electron chi connectivity index (χ2n) is 8.53. The second kappa shape index (κ2) is 10.1. The first kappa shape index (κ1) is 23.3. The number of imidazole rings is 1. The van der Waals surface area contributed by atoms with Crippen molar-refractivity contribution in [3.8, 4) is 22.5 Å². The zero-order valence-corrected chi connectivity index (χ0v) is 21.3. The number of nitrogens with zero attached hydrogens (tertiary/aromatic N) is 6. The summed E-state index contributed by atoms with van der Waals surface area (Å²) >= 11 is 3.43. The number of nitrogens with one attached hydrogen (secondary N) is 1. The Bertz CT molecular complexity index is 1560. The Balaban J connectivity index is 1.22. The fraction of sp³-hybridized carbons (Fsp3) is 0.148. The average molecular weight is 556 g/mol. The van der Waals surface area contributed by atoms with Crippen molar-refractivity contribution in [2.75, 3.05) is 36.5 Å². The molecule has 0 bridgehead atoms. The molecule has 184 valence electrons. The van der Waals surface area contributed by atoms with Gasteiger partial charge < -0.3 is 19.4 Å². The van der Waals surface area contributed by atoms with E-state index in [1.165, 1.54) is 6.33 Å². The smallest absolute Gasteiger partial charge is 0.274 e. The van der Waals surface area contributed by atoms with Gasteiger partial charge in [-0.15, -0.1) is 0 Å². The Hall–Kier alpha value is -4.15. The summed E-state index contributed by atoms with van der Waals surface area (Å²) in [6, 6.07) is 17.0. The van der Waals surface area contributed by atoms with Crippen molar-refractivity contribution in [3.05, 3.63) is 89.7 Å². The van der Waals surface area contributed by atoms with Gasteiger partial charge in [-0.25, -0.2) is 19.9 Å². The molecule has 0 atom stereocenters. The van der Waals surface area contributed by atoms with Crippen molar-refractivity contribution in [2.45, 2.75) is 0 Å². The van der Waals surface area contributed by atoms with Gasteiger partial charge in [-0.1, -0.05) is 40.2 Å². The minimum Gasteiger partial charge on any atom is -0.378 e. The summed E-state index contributed by atoms with van der Waals surface area (Å²) in [6.45, 7) is 2.89. The van der Waals surface area contributed by atoms with E-state index in [-0.39, 0.29) is 5.91 Å². The minimum atomic E-state index is -0.305. The van der Waals surface area contributed by atoms with Crippen molar-refractivity contribution >= 4 is 39.0 Å². The molecule has 2 aromatic carbocycles. The summed E-state index contributed by atoms with van der Waals surface area (Å²) in [4.78, 5) is 33.0. The lowest BCUT2D eigenvalue weighted by atomic mass is 10.1. The van der Waals surface area contributed by atoms with E-state index in [4.69, 9.17) is 9.72 Å². The summed E-state index contributed by atoms with van der Waals surface area (Å²) in [6.07, 6.45) is 7.06. The normalized spacial score (nSPS) is 13.6. The Morgan fingerprint density at radius 1 is 0.919 bits per heavy atom. The molecule has 0 saturated carbocycles. The Kier molecular flexibility index (Phi) is 6.33. The number of aromatic nitrogens is 5. The number of carbonyl (C=O) groups excluding carboxylic acids is 1. The molecule has 0 unspecified atom stereocenters. The summed E-state index contributed by atoms with van der Waals surface area (Å²) in [7, 11) is 0. The highest BCUT2D eigenvalue weighted by atomic mass is 79.9. The van der Waals surface area contributed by atoms with E-state index in [9.17, 15) is 4.79 Å². The number of morpholine rings is 1. The van der Waals surface area contributed by atoms with E-state index in [1.807, 2.05) is 65.3 Å². The Labute approximate surface area is 221 Å². The van der Waals surface area contributed by atoms with Crippen molar-refractivity contribution in [3.63, 3.8) is 0 Å². The Morgan fingerprint density at radius 3 is 2.43 bits per heavy atom. The minimum absolute atomic E-state index is 0.291. The molecule has 6 rings (SSSR count). The second-order valence-corrected chi connectivity index (χ2v) is 9.45. The van der Waals surface area contributed by atoms with Gasteiger partial charge in [-0.2, -0.15) is 0 Å². The van der Waals surface area contributed by atoms with Crippen LogP contribution in [0.1, 0.15) is 10.5 Å². The molecule has 0 spiro atoms. The van der Waals surface area contributed by atoms with Crippen LogP contribution >= 0.6 is 15.9 Å².